The predicted octanol–water partition coefficient (Wildman–Crippen LogP) is 3.56. The Hall–Kier alpha value is -3.42. The smallest absolute Gasteiger partial charge is 0.254 e. The minimum atomic E-state index is -1.08. The van der Waals surface area contributed by atoms with Crippen LogP contribution in [0.25, 0.3) is 10.9 Å². The minimum Gasteiger partial charge on any atom is -0.335 e. The number of benzene rings is 2. The van der Waals surface area contributed by atoms with Crippen LogP contribution in [0.2, 0.25) is 0 Å². The summed E-state index contributed by atoms with van der Waals surface area (Å²) >= 11 is 0. The molecular formula is C22H18F3N3O2. The van der Waals surface area contributed by atoms with Crippen LogP contribution in [0, 0.1) is 24.4 Å². The van der Waals surface area contributed by atoms with Gasteiger partial charge in [0.05, 0.1) is 11.1 Å². The third-order valence-electron chi connectivity index (χ3n) is 5.15. The number of carbonyl (C=O) groups is 2. The molecule has 0 N–H and O–H groups in total. The molecule has 1 aliphatic heterocycles. The molecule has 0 unspecified atom stereocenters. The number of hydrogen-bond donors (Lipinski definition) is 0. The van der Waals surface area contributed by atoms with Gasteiger partial charge in [-0.2, -0.15) is 0 Å². The molecule has 0 radical (unpaired) electrons. The number of nitrogens with zero attached hydrogens (tertiary/aromatic N) is 3. The molecule has 0 bridgehead atoms. The Balaban J connectivity index is 1.50. The van der Waals surface area contributed by atoms with Gasteiger partial charge in [-0.1, -0.05) is 0 Å². The maximum Gasteiger partial charge on any atom is 0.254 e. The maximum atomic E-state index is 13.5. The van der Waals surface area contributed by atoms with Crippen molar-refractivity contribution in [1.29, 1.82) is 0 Å². The summed E-state index contributed by atoms with van der Waals surface area (Å²) in [5, 5.41) is 0.562. The SMILES string of the molecule is Cc1cc(C(=O)N2CCN(C(=O)c3ccc(F)c(F)c3)CC2)c2ccc(F)cc2n1. The molecule has 3 aromatic rings. The predicted molar refractivity (Wildman–Crippen MR) is 105 cm³/mol. The summed E-state index contributed by atoms with van der Waals surface area (Å²) in [6.07, 6.45) is 0. The van der Waals surface area contributed by atoms with Crippen LogP contribution in [0.3, 0.4) is 0 Å². The number of aryl methyl sites for hydroxylation is 1. The lowest BCUT2D eigenvalue weighted by molar-refractivity contribution is 0.0536. The van der Waals surface area contributed by atoms with E-state index in [1.807, 2.05) is 0 Å². The van der Waals surface area contributed by atoms with Crippen LogP contribution in [0.1, 0.15) is 26.4 Å². The van der Waals surface area contributed by atoms with Gasteiger partial charge in [0.2, 0.25) is 0 Å². The van der Waals surface area contributed by atoms with E-state index in [0.717, 1.165) is 12.1 Å². The van der Waals surface area contributed by atoms with Crippen LogP contribution in [-0.2, 0) is 0 Å². The van der Waals surface area contributed by atoms with Crippen LogP contribution >= 0.6 is 0 Å². The highest BCUT2D eigenvalue weighted by Gasteiger charge is 2.27. The second kappa shape index (κ2) is 7.78. The minimum absolute atomic E-state index is 0.0615. The highest BCUT2D eigenvalue weighted by molar-refractivity contribution is 6.06. The van der Waals surface area contributed by atoms with Gasteiger partial charge in [-0.15, -0.1) is 0 Å². The molecule has 8 heteroatoms. The van der Waals surface area contributed by atoms with Crippen molar-refractivity contribution in [3.8, 4) is 0 Å². The normalized spacial score (nSPS) is 14.3. The van der Waals surface area contributed by atoms with Crippen molar-refractivity contribution in [2.45, 2.75) is 6.92 Å². The van der Waals surface area contributed by atoms with Gasteiger partial charge in [-0.05, 0) is 43.3 Å². The molecule has 0 aliphatic carbocycles. The Kier molecular flexibility index (Phi) is 5.15. The summed E-state index contributed by atoms with van der Waals surface area (Å²) in [5.74, 6) is -3.16. The van der Waals surface area contributed by atoms with E-state index in [2.05, 4.69) is 4.98 Å². The fourth-order valence-corrected chi connectivity index (χ4v) is 3.61. The molecular weight excluding hydrogens is 395 g/mol. The zero-order valence-corrected chi connectivity index (χ0v) is 16.2. The summed E-state index contributed by atoms with van der Waals surface area (Å²) < 4.78 is 40.1. The Morgan fingerprint density at radius 1 is 0.833 bits per heavy atom. The Morgan fingerprint density at radius 3 is 2.17 bits per heavy atom. The largest absolute Gasteiger partial charge is 0.335 e. The molecule has 1 fully saturated rings. The van der Waals surface area contributed by atoms with Gasteiger partial charge in [0, 0.05) is 48.9 Å². The first kappa shape index (κ1) is 19.9. The molecule has 1 saturated heterocycles. The first-order chi connectivity index (χ1) is 14.3. The third-order valence-corrected chi connectivity index (χ3v) is 5.15. The Labute approximate surface area is 170 Å². The van der Waals surface area contributed by atoms with E-state index >= 15 is 0 Å². The van der Waals surface area contributed by atoms with E-state index in [1.54, 1.807) is 17.9 Å². The molecule has 2 aromatic carbocycles. The number of aromatic nitrogens is 1. The van der Waals surface area contributed by atoms with E-state index in [4.69, 9.17) is 0 Å². The molecule has 2 heterocycles. The van der Waals surface area contributed by atoms with Crippen LogP contribution in [0.15, 0.2) is 42.5 Å². The Bertz CT molecular complexity index is 1150. The number of halogens is 3. The summed E-state index contributed by atoms with van der Waals surface area (Å²) in [6.45, 7) is 2.84. The molecule has 4 rings (SSSR count). The van der Waals surface area contributed by atoms with Crippen molar-refractivity contribution in [2.24, 2.45) is 0 Å². The molecule has 1 aromatic heterocycles. The highest BCUT2D eigenvalue weighted by Crippen LogP contribution is 2.22. The molecule has 0 spiro atoms. The fourth-order valence-electron chi connectivity index (χ4n) is 3.61. The van der Waals surface area contributed by atoms with Gasteiger partial charge < -0.3 is 9.80 Å². The first-order valence-electron chi connectivity index (χ1n) is 9.44. The second-order valence-corrected chi connectivity index (χ2v) is 7.19. The average molecular weight is 413 g/mol. The summed E-state index contributed by atoms with van der Waals surface area (Å²) in [4.78, 5) is 33.0. The molecule has 0 saturated carbocycles. The van der Waals surface area contributed by atoms with E-state index < -0.39 is 23.4 Å². The topological polar surface area (TPSA) is 53.5 Å². The molecule has 1 aliphatic rings. The number of rotatable bonds is 2. The van der Waals surface area contributed by atoms with Crippen molar-refractivity contribution in [3.63, 3.8) is 0 Å². The lowest BCUT2D eigenvalue weighted by Crippen LogP contribution is -2.50. The fraction of sp³-hybridized carbons (Fsp3) is 0.227. The van der Waals surface area contributed by atoms with Gasteiger partial charge in [-0.3, -0.25) is 14.6 Å². The number of pyridine rings is 1. The summed E-state index contributed by atoms with van der Waals surface area (Å²) in [7, 11) is 0. The van der Waals surface area contributed by atoms with Crippen molar-refractivity contribution in [3.05, 3.63) is 76.7 Å². The third kappa shape index (κ3) is 3.72. The van der Waals surface area contributed by atoms with Crippen molar-refractivity contribution in [2.75, 3.05) is 26.2 Å². The van der Waals surface area contributed by atoms with E-state index in [9.17, 15) is 22.8 Å². The lowest BCUT2D eigenvalue weighted by Gasteiger charge is -2.35. The molecule has 2 amide bonds. The van der Waals surface area contributed by atoms with Crippen molar-refractivity contribution < 1.29 is 22.8 Å². The number of hydrogen-bond acceptors (Lipinski definition) is 3. The molecule has 5 nitrogen and oxygen atoms in total. The maximum absolute atomic E-state index is 13.5. The van der Waals surface area contributed by atoms with E-state index in [-0.39, 0.29) is 37.6 Å². The first-order valence-corrected chi connectivity index (χ1v) is 9.44. The van der Waals surface area contributed by atoms with Gasteiger partial charge in [0.15, 0.2) is 11.6 Å². The summed E-state index contributed by atoms with van der Waals surface area (Å²) in [6, 6.07) is 8.81. The van der Waals surface area contributed by atoms with Crippen molar-refractivity contribution >= 4 is 22.7 Å². The standard InChI is InChI=1S/C22H18F3N3O2/c1-13-10-17(16-4-3-15(23)12-20(16)26-13)22(30)28-8-6-27(7-9-28)21(29)14-2-5-18(24)19(25)11-14/h2-5,10-12H,6-9H2,1H3. The number of fused-ring (bicyclic) bond motifs is 1. The Morgan fingerprint density at radius 2 is 1.50 bits per heavy atom. The van der Waals surface area contributed by atoms with Gasteiger partial charge in [-0.25, -0.2) is 13.2 Å². The number of piperazine rings is 1. The molecule has 30 heavy (non-hydrogen) atoms. The van der Waals surface area contributed by atoms with Gasteiger partial charge in [0.25, 0.3) is 11.8 Å². The quantitative estimate of drug-likeness (QED) is 0.646. The van der Waals surface area contributed by atoms with E-state index in [1.165, 1.54) is 29.2 Å². The van der Waals surface area contributed by atoms with Crippen LogP contribution < -0.4 is 0 Å². The summed E-state index contributed by atoms with van der Waals surface area (Å²) in [5.41, 5.74) is 1.50. The van der Waals surface area contributed by atoms with Gasteiger partial charge >= 0.3 is 0 Å². The zero-order chi connectivity index (χ0) is 21.4. The van der Waals surface area contributed by atoms with Crippen LogP contribution in [-0.4, -0.2) is 52.8 Å². The molecule has 0 atom stereocenters. The molecule has 154 valence electrons. The lowest BCUT2D eigenvalue weighted by atomic mass is 10.1. The highest BCUT2D eigenvalue weighted by atomic mass is 19.2. The number of amides is 2. The van der Waals surface area contributed by atoms with E-state index in [0.29, 0.717) is 22.2 Å². The van der Waals surface area contributed by atoms with Crippen LogP contribution in [0.5, 0.6) is 0 Å². The van der Waals surface area contributed by atoms with Crippen LogP contribution in [0.4, 0.5) is 13.2 Å². The number of carbonyl (C=O) groups excluding carboxylic acids is 2. The van der Waals surface area contributed by atoms with Crippen molar-refractivity contribution in [1.82, 2.24) is 14.8 Å². The van der Waals surface area contributed by atoms with Gasteiger partial charge in [0.1, 0.15) is 5.82 Å². The monoisotopic (exact) mass is 413 g/mol. The average Bonchev–Trinajstić information content (AvgIpc) is 2.74. The zero-order valence-electron chi connectivity index (χ0n) is 16.2. The second-order valence-electron chi connectivity index (χ2n) is 7.19.